The molecule has 0 amide bonds. The molecular weight excluding hydrogens is 1760 g/mol. The number of fused-ring (bicyclic) bond motifs is 1. The molecule has 5 fully saturated rings. The maximum absolute atomic E-state index is 16.2. The van der Waals surface area contributed by atoms with Gasteiger partial charge in [-0.3, -0.25) is 0 Å². The molecule has 5 aliphatic rings. The summed E-state index contributed by atoms with van der Waals surface area (Å²) in [6.07, 6.45) is -23.3. The van der Waals surface area contributed by atoms with Crippen LogP contribution in [0.1, 0.15) is 84.1 Å². The van der Waals surface area contributed by atoms with Gasteiger partial charge in [0.25, 0.3) is 0 Å². The van der Waals surface area contributed by atoms with Crippen molar-refractivity contribution in [1.29, 1.82) is 0 Å². The van der Waals surface area contributed by atoms with Gasteiger partial charge in [0.2, 0.25) is 20.0 Å². The van der Waals surface area contributed by atoms with E-state index in [9.17, 15) is 0 Å². The predicted molar refractivity (Wildman–Crippen MR) is 503 cm³/mol. The lowest BCUT2D eigenvalue weighted by Crippen LogP contribution is -2.71. The molecule has 11 aromatic rings. The van der Waals surface area contributed by atoms with E-state index in [-0.39, 0.29) is 75.9 Å². The van der Waals surface area contributed by atoms with Crippen molar-refractivity contribution in [1.82, 2.24) is 9.44 Å². The van der Waals surface area contributed by atoms with E-state index >= 15 is 16.8 Å². The molecule has 2 N–H and O–H groups in total. The number of hydrogen-bond acceptors (Lipinski definition) is 23. The average Bonchev–Trinajstić information content (AvgIpc) is 0.743. The third kappa shape index (κ3) is 25.7. The van der Waals surface area contributed by atoms with Crippen molar-refractivity contribution < 1.29 is 107 Å². The minimum atomic E-state index is -4.75. The predicted octanol–water partition coefficient (Wildman–Crippen LogP) is 16.8. The minimum absolute atomic E-state index is 0.0161. The smallest absolute Gasteiger partial charge is 0.241 e. The lowest BCUT2D eigenvalue weighted by atomic mass is 9.94. The third-order valence-corrected chi connectivity index (χ3v) is 32.4. The van der Waals surface area contributed by atoms with Crippen molar-refractivity contribution in [3.8, 4) is 5.75 Å². The molecule has 0 bridgehead atoms. The zero-order valence-corrected chi connectivity index (χ0v) is 78.9. The molecule has 0 aromatic heterocycles. The van der Waals surface area contributed by atoms with E-state index in [2.05, 4.69) is 30.2 Å². The minimum Gasteiger partial charge on any atom is -0.497 e. The number of methoxy groups -OCH3 is 1. The largest absolute Gasteiger partial charge is 0.497 e. The zero-order valence-electron chi connectivity index (χ0n) is 76.3. The van der Waals surface area contributed by atoms with Gasteiger partial charge in [0.05, 0.1) is 95.7 Å². The molecule has 708 valence electrons. The Morgan fingerprint density at radius 1 is 0.343 bits per heavy atom. The van der Waals surface area contributed by atoms with Gasteiger partial charge in [-0.25, -0.2) is 26.3 Å². The van der Waals surface area contributed by atoms with Crippen LogP contribution in [-0.2, 0) is 158 Å². The van der Waals surface area contributed by atoms with Crippen molar-refractivity contribution in [2.75, 3.05) is 26.9 Å². The van der Waals surface area contributed by atoms with E-state index in [1.165, 1.54) is 24.3 Å². The standard InChI is InChI=1S/C106H120N2O23S2Si/c1-73-91(115-63-75-40-20-9-21-41-75)97(118-66-78-46-26-12-27-47-78)99(120-67-79-48-28-13-29-49-79)104(124-73)123-72-87-93(96(117-65-77-44-24-11-25-45-77)90(103(126-87)131-134(6,7)106(2,3)4)108-133(111,112)85-56-36-17-37-57-85)129-102-89(107-132(109,110)84-54-34-16-35-55-84)95(116-64-76-42-22-10-23-43-76)92(86(125-102)70-114-62-74-38-18-8-19-39-74)130-105-100(121-68-80-50-30-14-31-51-80)98(119-69-81-58-60-83(113-5)61-59-81)94-88(127-105)71-122-101(128-94)82-52-32-15-33-53-82/h8-61,73,86-105,107-108H,62-72H2,1-7H3/t73-,86?,87?,88?,89?,90?,91+,92+,93+,94+,95-,96-,97?,98-,99?,100?,101?,102-,103-,104+,105-/m0/s1. The van der Waals surface area contributed by atoms with Crippen LogP contribution in [0, 0.1) is 0 Å². The molecule has 5 saturated heterocycles. The van der Waals surface area contributed by atoms with Gasteiger partial charge in [0, 0.05) is 5.56 Å². The van der Waals surface area contributed by atoms with Crippen LogP contribution < -0.4 is 14.2 Å². The average molecular weight is 1880 g/mol. The van der Waals surface area contributed by atoms with Crippen LogP contribution in [0.3, 0.4) is 0 Å². The van der Waals surface area contributed by atoms with Crippen molar-refractivity contribution in [3.63, 3.8) is 0 Å². The summed E-state index contributed by atoms with van der Waals surface area (Å²) in [5.41, 5.74) is 7.22. The van der Waals surface area contributed by atoms with Crippen LogP contribution in [-0.4, -0.2) is 175 Å². The molecule has 28 heteroatoms. The highest BCUT2D eigenvalue weighted by Gasteiger charge is 2.60. The summed E-state index contributed by atoms with van der Waals surface area (Å²) in [7, 11) is -10.9. The van der Waals surface area contributed by atoms with Crippen LogP contribution >= 0.6 is 0 Å². The first-order valence-corrected chi connectivity index (χ1v) is 51.5. The second kappa shape index (κ2) is 46.6. The van der Waals surface area contributed by atoms with E-state index in [0.717, 1.165) is 38.9 Å². The van der Waals surface area contributed by atoms with E-state index in [1.807, 2.05) is 287 Å². The van der Waals surface area contributed by atoms with Gasteiger partial charge in [-0.05, 0) is 106 Å². The Labute approximate surface area is 787 Å². The highest BCUT2D eigenvalue weighted by Crippen LogP contribution is 2.45. The Kier molecular flexibility index (Phi) is 33.9. The summed E-state index contributed by atoms with van der Waals surface area (Å²) >= 11 is 0. The van der Waals surface area contributed by atoms with Gasteiger partial charge in [0.15, 0.2) is 39.8 Å². The Morgan fingerprint density at radius 3 is 1.13 bits per heavy atom. The number of ether oxygens (including phenoxy) is 18. The van der Waals surface area contributed by atoms with Crippen LogP contribution in [0.15, 0.2) is 337 Å². The second-order valence-corrected chi connectivity index (χ2v) is 43.7. The molecular formula is C106H120N2O23S2Si. The Balaban J connectivity index is 0.861. The summed E-state index contributed by atoms with van der Waals surface area (Å²) in [5.74, 6) is 0.652. The molecule has 0 radical (unpaired) electrons. The van der Waals surface area contributed by atoms with Gasteiger partial charge in [-0.15, -0.1) is 0 Å². The Bertz CT molecular complexity index is 5580. The summed E-state index contributed by atoms with van der Waals surface area (Å²) < 4.78 is 208. The van der Waals surface area contributed by atoms with Gasteiger partial charge in [-0.1, -0.05) is 312 Å². The molecule has 0 saturated carbocycles. The zero-order chi connectivity index (χ0) is 92.9. The van der Waals surface area contributed by atoms with E-state index in [1.54, 1.807) is 43.5 Å². The third-order valence-electron chi connectivity index (χ3n) is 25.0. The fourth-order valence-corrected chi connectivity index (χ4v) is 20.5. The number of benzene rings is 11. The number of hydrogen-bond donors (Lipinski definition) is 2. The number of rotatable bonds is 42. The Hall–Kier alpha value is -9.46. The molecule has 9 unspecified atom stereocenters. The molecule has 11 aromatic carbocycles. The first-order valence-electron chi connectivity index (χ1n) is 45.6. The molecule has 0 aliphatic carbocycles. The van der Waals surface area contributed by atoms with Crippen LogP contribution in [0.2, 0.25) is 18.1 Å². The summed E-state index contributed by atoms with van der Waals surface area (Å²) in [5, 5.41) is -0.529. The lowest BCUT2D eigenvalue weighted by molar-refractivity contribution is -0.395. The van der Waals surface area contributed by atoms with E-state index < -0.39 is 169 Å². The summed E-state index contributed by atoms with van der Waals surface area (Å²) in [6, 6.07) is 97.3. The highest BCUT2D eigenvalue weighted by atomic mass is 32.2. The van der Waals surface area contributed by atoms with Crippen LogP contribution in [0.5, 0.6) is 5.75 Å². The molecule has 21 atom stereocenters. The fraction of sp³-hybridized carbons (Fsp3) is 0.377. The highest BCUT2D eigenvalue weighted by molar-refractivity contribution is 7.89. The first-order chi connectivity index (χ1) is 65.2. The van der Waals surface area contributed by atoms with E-state index in [4.69, 9.17) is 89.7 Å². The molecule has 16 rings (SSSR count). The van der Waals surface area contributed by atoms with Crippen LogP contribution in [0.25, 0.3) is 0 Å². The van der Waals surface area contributed by atoms with Crippen molar-refractivity contribution in [3.05, 3.63) is 378 Å². The lowest BCUT2D eigenvalue weighted by Gasteiger charge is -2.53. The topological polar surface area (TPSA) is 268 Å². The van der Waals surface area contributed by atoms with Gasteiger partial charge < -0.3 is 89.7 Å². The van der Waals surface area contributed by atoms with Crippen LogP contribution in [0.4, 0.5) is 0 Å². The molecule has 5 heterocycles. The molecule has 134 heavy (non-hydrogen) atoms. The van der Waals surface area contributed by atoms with Gasteiger partial charge in [0.1, 0.15) is 97.2 Å². The monoisotopic (exact) mass is 1880 g/mol. The quantitative estimate of drug-likeness (QED) is 0.0337. The van der Waals surface area contributed by atoms with Crippen molar-refractivity contribution >= 4 is 28.4 Å². The molecule has 0 spiro atoms. The first kappa shape index (κ1) is 97.6. The Morgan fingerprint density at radius 2 is 0.694 bits per heavy atom. The maximum Gasteiger partial charge on any atom is 0.241 e. The summed E-state index contributed by atoms with van der Waals surface area (Å²) in [4.78, 5) is -0.211. The summed E-state index contributed by atoms with van der Waals surface area (Å²) in [6.45, 7) is 11.6. The van der Waals surface area contributed by atoms with Crippen molar-refractivity contribution in [2.45, 2.75) is 237 Å². The molecule has 5 aliphatic heterocycles. The maximum atomic E-state index is 16.2. The number of nitrogens with one attached hydrogen (secondary N) is 2. The van der Waals surface area contributed by atoms with Crippen molar-refractivity contribution in [2.24, 2.45) is 0 Å². The van der Waals surface area contributed by atoms with E-state index in [0.29, 0.717) is 16.9 Å². The number of sulfonamides is 2. The normalized spacial score (nSPS) is 26.9. The van der Waals surface area contributed by atoms with Gasteiger partial charge >= 0.3 is 0 Å². The second-order valence-electron chi connectivity index (χ2n) is 35.5. The SMILES string of the molecule is COc1ccc(CO[C@@H]2C(OCc3ccccc3)[C@H](O[C@@H]3C(COCc4ccccc4)O[C@@H](O[C@@H]4C(CO[C@@H]5O[C@@H](C)[C@@H](OCc6ccccc6)C(OCc6ccccc6)C5OCc5ccccc5)O[C@@H](O[Si](C)(C)C(C)(C)C)C(NS(=O)(=O)c5ccccc5)[C@@H]4OCc4ccccc4)C(NS(=O)(=O)c4ccccc4)[C@@H]3OCc3ccccc3)OC3COC(c4ccccc4)O[C@H]32)cc1. The molecule has 25 nitrogen and oxygen atoms in total. The van der Waals surface area contributed by atoms with Gasteiger partial charge in [-0.2, -0.15) is 0 Å². The fourth-order valence-electron chi connectivity index (χ4n) is 16.8.